The number of carbonyl (C=O) groups excluding carboxylic acids is 1. The smallest absolute Gasteiger partial charge is 0.261 e. The zero-order chi connectivity index (χ0) is 18.9. The lowest BCUT2D eigenvalue weighted by molar-refractivity contribution is 0.0967. The number of thiophene rings is 1. The maximum atomic E-state index is 13.0. The average molecular weight is 397 g/mol. The minimum absolute atomic E-state index is 0.191. The molecule has 1 aromatic carbocycles. The lowest BCUT2D eigenvalue weighted by Crippen LogP contribution is -2.48. The summed E-state index contributed by atoms with van der Waals surface area (Å²) in [6.07, 6.45) is 0. The molecule has 1 aromatic heterocycles. The molecule has 0 bridgehead atoms. The van der Waals surface area contributed by atoms with Crippen LogP contribution >= 0.6 is 11.3 Å². The fourth-order valence-electron chi connectivity index (χ4n) is 2.93. The zero-order valence-electron chi connectivity index (χ0n) is 14.5. The van der Waals surface area contributed by atoms with Crippen LogP contribution in [0.15, 0.2) is 35.2 Å². The molecule has 3 rings (SSSR count). The molecule has 2 heterocycles. The van der Waals surface area contributed by atoms with Crippen LogP contribution in [-0.2, 0) is 10.0 Å². The molecule has 1 amide bonds. The average Bonchev–Trinajstić information content (AvgIpc) is 3.04. The summed E-state index contributed by atoms with van der Waals surface area (Å²) >= 11 is 1.17. The Bertz CT molecular complexity index is 902. The van der Waals surface area contributed by atoms with Gasteiger partial charge in [-0.15, -0.1) is 11.3 Å². The van der Waals surface area contributed by atoms with Crippen LogP contribution in [0.4, 0.5) is 10.1 Å². The van der Waals surface area contributed by atoms with Crippen molar-refractivity contribution in [2.45, 2.75) is 11.8 Å². The molecule has 0 atom stereocenters. The minimum atomic E-state index is -3.65. The number of carbonyl (C=O) groups is 1. The molecule has 1 aliphatic heterocycles. The van der Waals surface area contributed by atoms with E-state index in [2.05, 4.69) is 5.32 Å². The molecule has 1 saturated heterocycles. The van der Waals surface area contributed by atoms with Crippen molar-refractivity contribution in [3.8, 4) is 0 Å². The Balaban J connectivity index is 1.75. The quantitative estimate of drug-likeness (QED) is 0.858. The van der Waals surface area contributed by atoms with Crippen LogP contribution in [0.25, 0.3) is 0 Å². The third-order valence-corrected chi connectivity index (χ3v) is 7.57. The number of hydrogen-bond donors (Lipinski definition) is 1. The van der Waals surface area contributed by atoms with Crippen LogP contribution in [0, 0.1) is 12.7 Å². The van der Waals surface area contributed by atoms with E-state index in [1.165, 1.54) is 40.9 Å². The number of piperazine rings is 1. The summed E-state index contributed by atoms with van der Waals surface area (Å²) in [5.41, 5.74) is 0.872. The molecule has 0 saturated carbocycles. The van der Waals surface area contributed by atoms with Crippen molar-refractivity contribution in [1.29, 1.82) is 0 Å². The molecule has 0 unspecified atom stereocenters. The Kier molecular flexibility index (Phi) is 5.31. The van der Waals surface area contributed by atoms with Gasteiger partial charge in [0.2, 0.25) is 10.0 Å². The van der Waals surface area contributed by atoms with Crippen molar-refractivity contribution >= 4 is 33.0 Å². The molecule has 9 heteroatoms. The van der Waals surface area contributed by atoms with Crippen molar-refractivity contribution in [3.63, 3.8) is 0 Å². The van der Waals surface area contributed by atoms with E-state index in [4.69, 9.17) is 0 Å². The second-order valence-electron chi connectivity index (χ2n) is 5.98. The topological polar surface area (TPSA) is 69.7 Å². The van der Waals surface area contributed by atoms with Crippen LogP contribution in [0.1, 0.15) is 14.5 Å². The van der Waals surface area contributed by atoms with E-state index >= 15 is 0 Å². The Labute approximate surface area is 156 Å². The summed E-state index contributed by atoms with van der Waals surface area (Å²) in [6.45, 7) is 3.43. The number of rotatable bonds is 4. The maximum absolute atomic E-state index is 13.0. The van der Waals surface area contributed by atoms with Crippen LogP contribution in [-0.4, -0.2) is 51.9 Å². The number of anilines is 1. The first-order valence-electron chi connectivity index (χ1n) is 8.16. The van der Waals surface area contributed by atoms with E-state index in [-0.39, 0.29) is 16.6 Å². The first-order chi connectivity index (χ1) is 12.3. The van der Waals surface area contributed by atoms with Gasteiger partial charge in [-0.25, -0.2) is 12.8 Å². The van der Waals surface area contributed by atoms with Crippen molar-refractivity contribution in [1.82, 2.24) is 9.62 Å². The molecule has 6 nitrogen and oxygen atoms in total. The summed E-state index contributed by atoms with van der Waals surface area (Å²) in [6, 6.07) is 7.62. The highest BCUT2D eigenvalue weighted by molar-refractivity contribution is 7.89. The summed E-state index contributed by atoms with van der Waals surface area (Å²) in [7, 11) is -2.13. The predicted molar refractivity (Wildman–Crippen MR) is 99.8 cm³/mol. The van der Waals surface area contributed by atoms with Gasteiger partial charge in [0.25, 0.3) is 5.91 Å². The molecular formula is C17H20FN3O3S2. The molecule has 1 N–H and O–H groups in total. The molecule has 0 radical (unpaired) electrons. The monoisotopic (exact) mass is 397 g/mol. The van der Waals surface area contributed by atoms with Gasteiger partial charge in [0.05, 0.1) is 9.77 Å². The van der Waals surface area contributed by atoms with Gasteiger partial charge in [-0.2, -0.15) is 4.31 Å². The Morgan fingerprint density at radius 1 is 1.15 bits per heavy atom. The minimum Gasteiger partial charge on any atom is -0.369 e. The normalized spacial score (nSPS) is 15.9. The number of nitrogens with zero attached hydrogens (tertiary/aromatic N) is 2. The first kappa shape index (κ1) is 18.8. The Hall–Kier alpha value is -1.97. The first-order valence-corrected chi connectivity index (χ1v) is 10.4. The Morgan fingerprint density at radius 3 is 2.35 bits per heavy atom. The summed E-state index contributed by atoms with van der Waals surface area (Å²) < 4.78 is 40.4. The summed E-state index contributed by atoms with van der Waals surface area (Å²) in [4.78, 5) is 15.0. The largest absolute Gasteiger partial charge is 0.369 e. The van der Waals surface area contributed by atoms with E-state index in [0.717, 1.165) is 5.69 Å². The third-order valence-electron chi connectivity index (χ3n) is 4.37. The number of amides is 1. The van der Waals surface area contributed by atoms with E-state index in [1.807, 2.05) is 4.90 Å². The molecule has 0 spiro atoms. The molecular weight excluding hydrogens is 377 g/mol. The highest BCUT2D eigenvalue weighted by Crippen LogP contribution is 2.29. The molecule has 2 aromatic rings. The van der Waals surface area contributed by atoms with Gasteiger partial charge in [0.1, 0.15) is 5.82 Å². The van der Waals surface area contributed by atoms with Crippen LogP contribution in [0.3, 0.4) is 0 Å². The molecule has 1 fully saturated rings. The van der Waals surface area contributed by atoms with Crippen molar-refractivity contribution in [2.75, 3.05) is 38.1 Å². The van der Waals surface area contributed by atoms with Gasteiger partial charge in [-0.05, 0) is 37.3 Å². The van der Waals surface area contributed by atoms with Crippen molar-refractivity contribution < 1.29 is 17.6 Å². The van der Waals surface area contributed by atoms with Crippen LogP contribution in [0.2, 0.25) is 0 Å². The highest BCUT2D eigenvalue weighted by Gasteiger charge is 2.31. The number of nitrogens with one attached hydrogen (secondary N) is 1. The van der Waals surface area contributed by atoms with E-state index < -0.39 is 10.0 Å². The number of sulfonamides is 1. The zero-order valence-corrected chi connectivity index (χ0v) is 16.2. The number of aryl methyl sites for hydroxylation is 1. The van der Waals surface area contributed by atoms with Gasteiger partial charge in [0.15, 0.2) is 0 Å². The summed E-state index contributed by atoms with van der Waals surface area (Å²) in [5, 5.41) is 2.51. The van der Waals surface area contributed by atoms with E-state index in [9.17, 15) is 17.6 Å². The lowest BCUT2D eigenvalue weighted by Gasteiger charge is -2.35. The number of benzene rings is 1. The third kappa shape index (κ3) is 3.60. The van der Waals surface area contributed by atoms with E-state index in [1.54, 1.807) is 19.1 Å². The summed E-state index contributed by atoms with van der Waals surface area (Å²) in [5.74, 6) is -0.588. The van der Waals surface area contributed by atoms with E-state index in [0.29, 0.717) is 35.9 Å². The number of hydrogen-bond acceptors (Lipinski definition) is 5. The van der Waals surface area contributed by atoms with Crippen LogP contribution < -0.4 is 10.2 Å². The van der Waals surface area contributed by atoms with Crippen molar-refractivity contribution in [2.24, 2.45) is 0 Å². The molecule has 26 heavy (non-hydrogen) atoms. The Morgan fingerprint density at radius 2 is 1.77 bits per heavy atom. The fourth-order valence-corrected chi connectivity index (χ4v) is 5.86. The van der Waals surface area contributed by atoms with Crippen LogP contribution in [0.5, 0.6) is 0 Å². The predicted octanol–water partition coefficient (Wildman–Crippen LogP) is 2.07. The van der Waals surface area contributed by atoms with Gasteiger partial charge in [-0.3, -0.25) is 4.79 Å². The second-order valence-corrected chi connectivity index (χ2v) is 9.14. The molecule has 0 aliphatic carbocycles. The lowest BCUT2D eigenvalue weighted by atomic mass is 10.2. The molecule has 1 aliphatic rings. The fraction of sp³-hybridized carbons (Fsp3) is 0.353. The second kappa shape index (κ2) is 7.34. The van der Waals surface area contributed by atoms with Crippen molar-refractivity contribution in [3.05, 3.63) is 45.9 Å². The maximum Gasteiger partial charge on any atom is 0.261 e. The van der Waals surface area contributed by atoms with Gasteiger partial charge in [-0.1, -0.05) is 0 Å². The van der Waals surface area contributed by atoms with Gasteiger partial charge >= 0.3 is 0 Å². The number of halogens is 1. The SMILES string of the molecule is CNC(=O)c1cc(S(=O)(=O)N2CCN(c3ccc(F)cc3)CC2)c(C)s1. The van der Waals surface area contributed by atoms with Gasteiger partial charge < -0.3 is 10.2 Å². The molecule has 140 valence electrons. The standard InChI is InChI=1S/C17H20FN3O3S2/c1-12-16(11-15(25-12)17(22)19-2)26(23,24)21-9-7-20(8-10-21)14-5-3-13(18)4-6-14/h3-6,11H,7-10H2,1-2H3,(H,19,22). The van der Waals surface area contributed by atoms with Gasteiger partial charge in [0, 0.05) is 43.8 Å². The highest BCUT2D eigenvalue weighted by atomic mass is 32.2.